The number of aliphatic hydroxyl groups excluding tert-OH is 1. The van der Waals surface area contributed by atoms with Crippen molar-refractivity contribution in [2.24, 2.45) is 47.0 Å². The van der Waals surface area contributed by atoms with E-state index in [0.29, 0.717) is 22.0 Å². The maximum atomic E-state index is 14.8. The lowest BCUT2D eigenvalue weighted by Gasteiger charge is -2.30. The Morgan fingerprint density at radius 3 is 1.26 bits per heavy atom. The Balaban J connectivity index is 2.01. The molecule has 0 spiro atoms. The molecule has 10 amide bonds. The summed E-state index contributed by atoms with van der Waals surface area (Å²) in [5.74, 6) is -11.9. The summed E-state index contributed by atoms with van der Waals surface area (Å²) >= 11 is 0. The molecular weight excluding hydrogens is 1120 g/mol. The number of hydrogen-bond acceptors (Lipinski definition) is 14. The van der Waals surface area contributed by atoms with Crippen molar-refractivity contribution in [2.75, 3.05) is 6.61 Å². The van der Waals surface area contributed by atoms with Crippen molar-refractivity contribution in [1.29, 1.82) is 0 Å². The molecule has 1 aromatic heterocycles. The lowest BCUT2D eigenvalue weighted by Crippen LogP contribution is -2.62. The molecule has 0 saturated carbocycles. The summed E-state index contributed by atoms with van der Waals surface area (Å²) in [5, 5.41) is 53.7. The normalized spacial score (nSPS) is 15.0. The highest BCUT2D eigenvalue weighted by Crippen LogP contribution is 2.21. The van der Waals surface area contributed by atoms with Crippen molar-refractivity contribution < 1.29 is 68.1 Å². The van der Waals surface area contributed by atoms with Crippen molar-refractivity contribution >= 4 is 75.9 Å². The number of primary amides is 1. The number of aromatic amines is 1. The van der Waals surface area contributed by atoms with Crippen LogP contribution in [-0.4, -0.2) is 152 Å². The number of nitrogens with two attached hydrogens (primary N) is 2. The van der Waals surface area contributed by atoms with Gasteiger partial charge in [0.2, 0.25) is 59.1 Å². The third-order valence-electron chi connectivity index (χ3n) is 14.2. The minimum absolute atomic E-state index is 0.0240. The van der Waals surface area contributed by atoms with Gasteiger partial charge in [-0.25, -0.2) is 4.79 Å². The standard InChI is InChI=1S/C61H94N12O14/c1-30(2)21-42(65-52(77)40(62)29-74)53(78)66-43(22-31(3)4)54(79)70-48(27-49(63)76)57(82)69-47(26-37-28-64-41-16-14-13-15-39(37)41)59(84)72-50(34(9)10)60(85)71-44(23-32(5)6)55(80)68-46(25-36-17-19-38(75)20-18-36)56(81)67-45(24-33(7)8)58(83)73-51(35(11)12)61(86)87/h13-20,28,30-35,40,42-48,50-51,64,74-75H,21-27,29,62H2,1-12H3,(H2,63,76)(H,65,77)(H,66,78)(H,67,81)(H,68,80)(H,69,82)(H,70,79)(H,71,85)(H,72,84)(H,73,83)(H,86,87)/t40-,42-,43-,44-,45-,46-,47-,48-,50-,51-/m0/s1. The highest BCUT2D eigenvalue weighted by molar-refractivity contribution is 6.00. The fourth-order valence-corrected chi connectivity index (χ4v) is 9.57. The maximum Gasteiger partial charge on any atom is 0.326 e. The van der Waals surface area contributed by atoms with E-state index in [0.717, 1.165) is 0 Å². The lowest BCUT2D eigenvalue weighted by atomic mass is 9.97. The number of para-hydroxylation sites is 1. The van der Waals surface area contributed by atoms with Crippen LogP contribution in [0.1, 0.15) is 126 Å². The number of nitrogens with one attached hydrogen (secondary N) is 10. The number of phenols is 1. The van der Waals surface area contributed by atoms with Gasteiger partial charge in [-0.15, -0.1) is 0 Å². The minimum atomic E-state index is -1.72. The average molecular weight is 1220 g/mol. The molecule has 3 aromatic rings. The zero-order valence-electron chi connectivity index (χ0n) is 52.1. The molecule has 87 heavy (non-hydrogen) atoms. The molecule has 10 atom stereocenters. The molecule has 0 radical (unpaired) electrons. The summed E-state index contributed by atoms with van der Waals surface area (Å²) in [7, 11) is 0. The van der Waals surface area contributed by atoms with E-state index < -0.39 is 150 Å². The van der Waals surface area contributed by atoms with Crippen LogP contribution in [0.3, 0.4) is 0 Å². The van der Waals surface area contributed by atoms with Crippen LogP contribution in [0.25, 0.3) is 10.9 Å². The second-order valence-corrected chi connectivity index (χ2v) is 24.6. The number of carbonyl (C=O) groups is 11. The van der Waals surface area contributed by atoms with Crippen molar-refractivity contribution in [2.45, 2.75) is 188 Å². The van der Waals surface area contributed by atoms with Crippen molar-refractivity contribution in [3.05, 3.63) is 65.9 Å². The zero-order valence-corrected chi connectivity index (χ0v) is 52.1. The Bertz CT molecular complexity index is 2840. The molecule has 0 aliphatic heterocycles. The number of phenolic OH excluding ortho intramolecular Hbond substituents is 1. The number of aromatic nitrogens is 1. The third-order valence-corrected chi connectivity index (χ3v) is 14.2. The molecule has 0 unspecified atom stereocenters. The molecule has 26 nitrogen and oxygen atoms in total. The van der Waals surface area contributed by atoms with Gasteiger partial charge in [0.05, 0.1) is 13.0 Å². The Morgan fingerprint density at radius 2 is 0.828 bits per heavy atom. The van der Waals surface area contributed by atoms with Crippen LogP contribution in [0.4, 0.5) is 0 Å². The Morgan fingerprint density at radius 1 is 0.460 bits per heavy atom. The second-order valence-electron chi connectivity index (χ2n) is 24.6. The average Bonchev–Trinajstić information content (AvgIpc) is 4.05. The number of aliphatic hydroxyl groups is 1. The molecule has 2 aromatic carbocycles. The third kappa shape index (κ3) is 24.3. The first-order chi connectivity index (χ1) is 40.7. The lowest BCUT2D eigenvalue weighted by molar-refractivity contribution is -0.143. The molecular formula is C61H94N12O14. The first-order valence-electron chi connectivity index (χ1n) is 29.6. The van der Waals surface area contributed by atoms with Crippen LogP contribution in [0.5, 0.6) is 5.75 Å². The van der Waals surface area contributed by atoms with Gasteiger partial charge in [0, 0.05) is 29.9 Å². The predicted molar refractivity (Wildman–Crippen MR) is 325 cm³/mol. The minimum Gasteiger partial charge on any atom is -0.508 e. The van der Waals surface area contributed by atoms with E-state index in [9.17, 15) is 68.1 Å². The van der Waals surface area contributed by atoms with Gasteiger partial charge in [-0.05, 0) is 90.5 Å². The summed E-state index contributed by atoms with van der Waals surface area (Å²) in [5.41, 5.74) is 13.1. The fraction of sp³-hybridized carbons (Fsp3) is 0.590. The molecule has 0 aliphatic rings. The number of rotatable bonds is 36. The quantitative estimate of drug-likeness (QED) is 0.0383. The van der Waals surface area contributed by atoms with Gasteiger partial charge in [0.25, 0.3) is 0 Å². The van der Waals surface area contributed by atoms with E-state index in [-0.39, 0.29) is 67.9 Å². The summed E-state index contributed by atoms with van der Waals surface area (Å²) in [6.45, 7) is 20.2. The molecule has 17 N–H and O–H groups in total. The molecule has 26 heteroatoms. The monoisotopic (exact) mass is 1220 g/mol. The first-order valence-corrected chi connectivity index (χ1v) is 29.6. The molecule has 1 heterocycles. The molecule has 0 saturated heterocycles. The summed E-state index contributed by atoms with van der Waals surface area (Å²) in [6.07, 6.45) is 0.768. The van der Waals surface area contributed by atoms with Crippen molar-refractivity contribution in [3.63, 3.8) is 0 Å². The van der Waals surface area contributed by atoms with E-state index in [1.54, 1.807) is 114 Å². The Hall–Kier alpha value is -8.13. The van der Waals surface area contributed by atoms with Crippen LogP contribution < -0.4 is 59.3 Å². The van der Waals surface area contributed by atoms with Crippen molar-refractivity contribution in [1.82, 2.24) is 52.8 Å². The highest BCUT2D eigenvalue weighted by Gasteiger charge is 2.38. The van der Waals surface area contributed by atoms with Crippen LogP contribution >= 0.6 is 0 Å². The SMILES string of the molecule is CC(C)C[C@H](NC(=O)[C@H](CC(C)C)NC(=O)[C@@H](N)CO)C(=O)N[C@@H](CC(N)=O)C(=O)N[C@@H](Cc1c[nH]c2ccccc12)C(=O)N[C@H](C(=O)N[C@@H](CC(C)C)C(=O)N[C@@H](Cc1ccc(O)cc1)C(=O)N[C@@H](CC(C)C)C(=O)N[C@H](C(=O)O)C(C)C)C(C)C. The summed E-state index contributed by atoms with van der Waals surface area (Å²) in [6, 6.07) is -0.739. The van der Waals surface area contributed by atoms with Gasteiger partial charge in [-0.2, -0.15) is 0 Å². The van der Waals surface area contributed by atoms with E-state index in [1.165, 1.54) is 24.3 Å². The van der Waals surface area contributed by atoms with E-state index in [2.05, 4.69) is 52.8 Å². The second kappa shape index (κ2) is 34.9. The van der Waals surface area contributed by atoms with Crippen LogP contribution in [0.2, 0.25) is 0 Å². The number of benzene rings is 2. The highest BCUT2D eigenvalue weighted by atomic mass is 16.4. The number of carboxylic acid groups (broad SMARTS) is 1. The summed E-state index contributed by atoms with van der Waals surface area (Å²) < 4.78 is 0. The van der Waals surface area contributed by atoms with Crippen LogP contribution in [-0.2, 0) is 65.6 Å². The number of carbonyl (C=O) groups excluding carboxylic acids is 10. The van der Waals surface area contributed by atoms with Gasteiger partial charge in [0.1, 0.15) is 66.2 Å². The van der Waals surface area contributed by atoms with E-state index >= 15 is 0 Å². The first kappa shape index (κ1) is 73.1. The smallest absolute Gasteiger partial charge is 0.326 e. The van der Waals surface area contributed by atoms with Gasteiger partial charge < -0.3 is 79.6 Å². The van der Waals surface area contributed by atoms with Crippen LogP contribution in [0, 0.1) is 35.5 Å². The molecule has 3 rings (SSSR count). The van der Waals surface area contributed by atoms with Gasteiger partial charge in [-0.1, -0.05) is 113 Å². The number of fused-ring (bicyclic) bond motifs is 1. The summed E-state index contributed by atoms with van der Waals surface area (Å²) in [4.78, 5) is 155. The van der Waals surface area contributed by atoms with Crippen molar-refractivity contribution in [3.8, 4) is 5.75 Å². The largest absolute Gasteiger partial charge is 0.508 e. The van der Waals surface area contributed by atoms with Gasteiger partial charge in [0.15, 0.2) is 0 Å². The molecule has 0 aliphatic carbocycles. The number of aromatic hydroxyl groups is 1. The fourth-order valence-electron chi connectivity index (χ4n) is 9.57. The molecule has 0 bridgehead atoms. The van der Waals surface area contributed by atoms with E-state index in [4.69, 9.17) is 11.5 Å². The Kier molecular flexibility index (Phi) is 29.3. The predicted octanol–water partition coefficient (Wildman–Crippen LogP) is 0.798. The topological polar surface area (TPSA) is 425 Å². The Labute approximate surface area is 508 Å². The van der Waals surface area contributed by atoms with Gasteiger partial charge >= 0.3 is 5.97 Å². The maximum absolute atomic E-state index is 14.8. The number of aliphatic carboxylic acids is 1. The van der Waals surface area contributed by atoms with Crippen LogP contribution in [0.15, 0.2) is 54.7 Å². The number of amides is 10. The van der Waals surface area contributed by atoms with Gasteiger partial charge in [-0.3, -0.25) is 47.9 Å². The number of hydrogen-bond donors (Lipinski definition) is 15. The number of carboxylic acids is 1. The van der Waals surface area contributed by atoms with E-state index in [1.807, 2.05) is 0 Å². The molecule has 482 valence electrons. The molecule has 0 fully saturated rings. The number of H-pyrrole nitrogens is 1. The zero-order chi connectivity index (χ0) is 65.6.